The molecule has 2 fully saturated rings. The van der Waals surface area contributed by atoms with E-state index in [1.54, 1.807) is 6.92 Å². The van der Waals surface area contributed by atoms with Gasteiger partial charge in [-0.3, -0.25) is 4.79 Å². The number of carbonyl (C=O) groups excluding carboxylic acids is 1. The van der Waals surface area contributed by atoms with Crippen LogP contribution in [0.3, 0.4) is 0 Å². The molecule has 1 aromatic carbocycles. The number of piperidine rings is 1. The number of hydrogen-bond acceptors (Lipinski definition) is 2. The fourth-order valence-corrected chi connectivity index (χ4v) is 4.17. The standard InChI is InChI=1S/C16H21BrN2O/c1-11(20)18(2)16-9-14-6-7-15(10-16)19(14)13-5-3-4-12(17)8-13/h3-5,8,14-16H,6-7,9-10H2,1-2H3/t14-,15+,16-. The van der Waals surface area contributed by atoms with Crippen LogP contribution in [-0.4, -0.2) is 36.0 Å². The first-order valence-electron chi connectivity index (χ1n) is 7.33. The summed E-state index contributed by atoms with van der Waals surface area (Å²) in [5.74, 6) is 0.185. The number of nitrogens with zero attached hydrogens (tertiary/aromatic N) is 2. The van der Waals surface area contributed by atoms with Crippen LogP contribution < -0.4 is 4.90 Å². The third-order valence-corrected chi connectivity index (χ3v) is 5.35. The molecule has 0 radical (unpaired) electrons. The summed E-state index contributed by atoms with van der Waals surface area (Å²) in [5, 5.41) is 0. The monoisotopic (exact) mass is 336 g/mol. The maximum absolute atomic E-state index is 11.6. The maximum atomic E-state index is 11.6. The Morgan fingerprint density at radius 3 is 2.50 bits per heavy atom. The lowest BCUT2D eigenvalue weighted by Crippen LogP contribution is -2.50. The minimum absolute atomic E-state index is 0.185. The molecule has 0 aliphatic carbocycles. The van der Waals surface area contributed by atoms with Crippen LogP contribution >= 0.6 is 15.9 Å². The third-order valence-electron chi connectivity index (χ3n) is 4.86. The minimum Gasteiger partial charge on any atom is -0.365 e. The van der Waals surface area contributed by atoms with Gasteiger partial charge in [0.25, 0.3) is 0 Å². The number of anilines is 1. The lowest BCUT2D eigenvalue weighted by atomic mass is 9.95. The van der Waals surface area contributed by atoms with Crippen LogP contribution in [0.1, 0.15) is 32.6 Å². The van der Waals surface area contributed by atoms with Crippen molar-refractivity contribution in [2.24, 2.45) is 0 Å². The van der Waals surface area contributed by atoms with Gasteiger partial charge in [-0.25, -0.2) is 0 Å². The van der Waals surface area contributed by atoms with Gasteiger partial charge in [-0.05, 0) is 43.9 Å². The van der Waals surface area contributed by atoms with E-state index in [0.717, 1.165) is 17.3 Å². The number of halogens is 1. The van der Waals surface area contributed by atoms with Gasteiger partial charge >= 0.3 is 0 Å². The summed E-state index contributed by atoms with van der Waals surface area (Å²) in [7, 11) is 1.95. The first-order chi connectivity index (χ1) is 9.56. The zero-order valence-corrected chi connectivity index (χ0v) is 13.6. The molecule has 2 aliphatic rings. The molecule has 1 amide bonds. The van der Waals surface area contributed by atoms with Crippen LogP contribution in [0, 0.1) is 0 Å². The summed E-state index contributed by atoms with van der Waals surface area (Å²) in [5.41, 5.74) is 1.32. The van der Waals surface area contributed by atoms with Crippen molar-refractivity contribution in [3.05, 3.63) is 28.7 Å². The van der Waals surface area contributed by atoms with Crippen LogP contribution in [0.15, 0.2) is 28.7 Å². The summed E-state index contributed by atoms with van der Waals surface area (Å²) in [4.78, 5) is 16.1. The molecule has 2 bridgehead atoms. The number of amides is 1. The number of hydrogen-bond donors (Lipinski definition) is 0. The van der Waals surface area contributed by atoms with E-state index in [9.17, 15) is 4.79 Å². The Hall–Kier alpha value is -1.03. The molecular weight excluding hydrogens is 316 g/mol. The predicted molar refractivity (Wildman–Crippen MR) is 84.9 cm³/mol. The molecule has 0 N–H and O–H groups in total. The van der Waals surface area contributed by atoms with Crippen LogP contribution in [0.2, 0.25) is 0 Å². The number of fused-ring (bicyclic) bond motifs is 2. The molecule has 0 spiro atoms. The second kappa shape index (κ2) is 5.40. The molecule has 1 aromatic rings. The SMILES string of the molecule is CC(=O)N(C)[C@@H]1C[C@H]2CC[C@@H](C1)N2c1cccc(Br)c1. The van der Waals surface area contributed by atoms with Crippen LogP contribution in [0.4, 0.5) is 5.69 Å². The third kappa shape index (κ3) is 2.46. The molecule has 2 saturated heterocycles. The largest absolute Gasteiger partial charge is 0.365 e. The fraction of sp³-hybridized carbons (Fsp3) is 0.562. The van der Waals surface area contributed by atoms with Crippen molar-refractivity contribution < 1.29 is 4.79 Å². The Kier molecular flexibility index (Phi) is 3.76. The van der Waals surface area contributed by atoms with Gasteiger partial charge in [-0.2, -0.15) is 0 Å². The first kappa shape index (κ1) is 13.9. The van der Waals surface area contributed by atoms with Crippen molar-refractivity contribution in [1.82, 2.24) is 4.90 Å². The Bertz CT molecular complexity index is 505. The topological polar surface area (TPSA) is 23.6 Å². The van der Waals surface area contributed by atoms with Gasteiger partial charge in [0.05, 0.1) is 0 Å². The van der Waals surface area contributed by atoms with E-state index in [4.69, 9.17) is 0 Å². The van der Waals surface area contributed by atoms with E-state index >= 15 is 0 Å². The summed E-state index contributed by atoms with van der Waals surface area (Å²) < 4.78 is 1.14. The summed E-state index contributed by atoms with van der Waals surface area (Å²) in [6.45, 7) is 1.67. The highest BCUT2D eigenvalue weighted by Gasteiger charge is 2.42. The van der Waals surface area contributed by atoms with Crippen molar-refractivity contribution in [1.29, 1.82) is 0 Å². The lowest BCUT2D eigenvalue weighted by molar-refractivity contribution is -0.130. The second-order valence-corrected chi connectivity index (χ2v) is 6.94. The van der Waals surface area contributed by atoms with E-state index < -0.39 is 0 Å². The molecule has 20 heavy (non-hydrogen) atoms. The zero-order valence-electron chi connectivity index (χ0n) is 12.1. The molecular formula is C16H21BrN2O. The van der Waals surface area contributed by atoms with Crippen molar-refractivity contribution in [3.63, 3.8) is 0 Å². The quantitative estimate of drug-likeness (QED) is 0.826. The zero-order chi connectivity index (χ0) is 14.3. The molecule has 3 rings (SSSR count). The van der Waals surface area contributed by atoms with Gasteiger partial charge in [-0.15, -0.1) is 0 Å². The van der Waals surface area contributed by atoms with Gasteiger partial charge < -0.3 is 9.80 Å². The van der Waals surface area contributed by atoms with Crippen molar-refractivity contribution in [3.8, 4) is 0 Å². The average Bonchev–Trinajstić information content (AvgIpc) is 2.68. The molecule has 3 nitrogen and oxygen atoms in total. The predicted octanol–water partition coefficient (Wildman–Crippen LogP) is 3.43. The lowest BCUT2D eigenvalue weighted by Gasteiger charge is -2.43. The molecule has 3 atom stereocenters. The molecule has 108 valence electrons. The minimum atomic E-state index is 0.185. The fourth-order valence-electron chi connectivity index (χ4n) is 3.78. The molecule has 0 unspecified atom stereocenters. The normalized spacial score (nSPS) is 28.6. The van der Waals surface area contributed by atoms with Gasteiger partial charge in [0.2, 0.25) is 5.91 Å². The van der Waals surface area contributed by atoms with Gasteiger partial charge in [0, 0.05) is 42.3 Å². The summed E-state index contributed by atoms with van der Waals surface area (Å²) in [6.07, 6.45) is 4.69. The smallest absolute Gasteiger partial charge is 0.219 e. The Balaban J connectivity index is 1.80. The Morgan fingerprint density at radius 2 is 1.95 bits per heavy atom. The first-order valence-corrected chi connectivity index (χ1v) is 8.13. The van der Waals surface area contributed by atoms with E-state index in [0.29, 0.717) is 18.1 Å². The molecule has 2 heterocycles. The number of rotatable bonds is 2. The van der Waals surface area contributed by atoms with Gasteiger partial charge in [0.15, 0.2) is 0 Å². The van der Waals surface area contributed by atoms with Crippen molar-refractivity contribution >= 4 is 27.5 Å². The van der Waals surface area contributed by atoms with Crippen LogP contribution in [0.5, 0.6) is 0 Å². The number of carbonyl (C=O) groups is 1. The van der Waals surface area contributed by atoms with Crippen LogP contribution in [-0.2, 0) is 4.79 Å². The number of benzene rings is 1. The van der Waals surface area contributed by atoms with Crippen LogP contribution in [0.25, 0.3) is 0 Å². The van der Waals surface area contributed by atoms with Gasteiger partial charge in [0.1, 0.15) is 0 Å². The molecule has 2 aliphatic heterocycles. The van der Waals surface area contributed by atoms with E-state index in [-0.39, 0.29) is 5.91 Å². The summed E-state index contributed by atoms with van der Waals surface area (Å²) >= 11 is 3.56. The highest BCUT2D eigenvalue weighted by molar-refractivity contribution is 9.10. The maximum Gasteiger partial charge on any atom is 0.219 e. The van der Waals surface area contributed by atoms with E-state index in [2.05, 4.69) is 45.1 Å². The Morgan fingerprint density at radius 1 is 1.30 bits per heavy atom. The highest BCUT2D eigenvalue weighted by Crippen LogP contribution is 2.41. The molecule has 4 heteroatoms. The Labute approximate surface area is 129 Å². The van der Waals surface area contributed by atoms with Crippen molar-refractivity contribution in [2.75, 3.05) is 11.9 Å². The highest BCUT2D eigenvalue weighted by atomic mass is 79.9. The molecule has 0 aromatic heterocycles. The van der Waals surface area contributed by atoms with E-state index in [1.807, 2.05) is 11.9 Å². The van der Waals surface area contributed by atoms with Crippen molar-refractivity contribution in [2.45, 2.75) is 50.7 Å². The van der Waals surface area contributed by atoms with E-state index in [1.165, 1.54) is 18.5 Å². The summed E-state index contributed by atoms with van der Waals surface area (Å²) in [6, 6.07) is 10.2. The molecule has 0 saturated carbocycles. The van der Waals surface area contributed by atoms with Gasteiger partial charge in [-0.1, -0.05) is 22.0 Å². The second-order valence-electron chi connectivity index (χ2n) is 6.03. The average molecular weight is 337 g/mol.